The van der Waals surface area contributed by atoms with Gasteiger partial charge in [0.15, 0.2) is 0 Å². The Labute approximate surface area is 129 Å². The molecule has 0 aliphatic heterocycles. The van der Waals surface area contributed by atoms with Crippen LogP contribution in [0.5, 0.6) is 0 Å². The zero-order chi connectivity index (χ0) is 16.3. The van der Waals surface area contributed by atoms with E-state index in [0.717, 1.165) is 5.56 Å². The maximum Gasteiger partial charge on any atom is 0.252 e. The number of rotatable bonds is 5. The Hall–Kier alpha value is -2.21. The zero-order valence-electron chi connectivity index (χ0n) is 13.1. The first-order valence-corrected chi connectivity index (χ1v) is 7.00. The molecular formula is C16H20FN3O2. The second-order valence-electron chi connectivity index (χ2n) is 5.58. The normalized spacial score (nSPS) is 13.0. The van der Waals surface area contributed by atoms with Crippen LogP contribution in [0.2, 0.25) is 0 Å². The Morgan fingerprint density at radius 1 is 1.41 bits per heavy atom. The van der Waals surface area contributed by atoms with Gasteiger partial charge in [-0.15, -0.1) is 0 Å². The van der Waals surface area contributed by atoms with Crippen LogP contribution in [-0.2, 0) is 9.53 Å². The molecule has 1 N–H and O–H groups in total. The Kier molecular flexibility index (Phi) is 4.61. The highest BCUT2D eigenvalue weighted by molar-refractivity contribution is 5.84. The molecule has 0 saturated heterocycles. The minimum atomic E-state index is -0.907. The SMILES string of the molecule is COC(C)(C)C(=O)N[C@@H](C)c1cnn(-c2ccccc2F)c1. The number of benzene rings is 1. The lowest BCUT2D eigenvalue weighted by Crippen LogP contribution is -2.44. The van der Waals surface area contributed by atoms with Crippen molar-refractivity contribution < 1.29 is 13.9 Å². The largest absolute Gasteiger partial charge is 0.369 e. The Balaban J connectivity index is 2.15. The van der Waals surface area contributed by atoms with Gasteiger partial charge in [-0.3, -0.25) is 4.79 Å². The molecule has 0 bridgehead atoms. The van der Waals surface area contributed by atoms with Crippen LogP contribution in [0.3, 0.4) is 0 Å². The molecule has 2 rings (SSSR count). The highest BCUT2D eigenvalue weighted by Crippen LogP contribution is 2.18. The van der Waals surface area contributed by atoms with Gasteiger partial charge in [-0.05, 0) is 32.9 Å². The van der Waals surface area contributed by atoms with Crippen molar-refractivity contribution in [3.63, 3.8) is 0 Å². The van der Waals surface area contributed by atoms with Crippen molar-refractivity contribution >= 4 is 5.91 Å². The summed E-state index contributed by atoms with van der Waals surface area (Å²) < 4.78 is 20.3. The Morgan fingerprint density at radius 2 is 2.09 bits per heavy atom. The van der Waals surface area contributed by atoms with E-state index in [1.165, 1.54) is 17.9 Å². The van der Waals surface area contributed by atoms with Gasteiger partial charge < -0.3 is 10.1 Å². The van der Waals surface area contributed by atoms with Gasteiger partial charge in [0.1, 0.15) is 17.1 Å². The van der Waals surface area contributed by atoms with Crippen molar-refractivity contribution in [2.24, 2.45) is 0 Å². The van der Waals surface area contributed by atoms with Gasteiger partial charge in [-0.1, -0.05) is 12.1 Å². The van der Waals surface area contributed by atoms with Crippen LogP contribution in [0, 0.1) is 5.82 Å². The molecule has 1 aromatic heterocycles. The molecule has 0 aliphatic carbocycles. The van der Waals surface area contributed by atoms with E-state index in [0.29, 0.717) is 5.69 Å². The zero-order valence-corrected chi connectivity index (χ0v) is 13.1. The van der Waals surface area contributed by atoms with Gasteiger partial charge in [0, 0.05) is 18.9 Å². The van der Waals surface area contributed by atoms with Crippen molar-refractivity contribution in [3.05, 3.63) is 48.0 Å². The smallest absolute Gasteiger partial charge is 0.252 e. The minimum absolute atomic E-state index is 0.221. The monoisotopic (exact) mass is 305 g/mol. The number of methoxy groups -OCH3 is 1. The number of hydrogen-bond donors (Lipinski definition) is 1. The highest BCUT2D eigenvalue weighted by Gasteiger charge is 2.28. The van der Waals surface area contributed by atoms with Crippen molar-refractivity contribution in [2.75, 3.05) is 7.11 Å². The van der Waals surface area contributed by atoms with E-state index in [-0.39, 0.29) is 17.8 Å². The molecule has 0 unspecified atom stereocenters. The fraction of sp³-hybridized carbons (Fsp3) is 0.375. The molecule has 0 spiro atoms. The number of carbonyl (C=O) groups is 1. The van der Waals surface area contributed by atoms with Crippen LogP contribution in [0.4, 0.5) is 4.39 Å². The van der Waals surface area contributed by atoms with E-state index in [9.17, 15) is 9.18 Å². The molecular weight excluding hydrogens is 285 g/mol. The number of nitrogens with one attached hydrogen (secondary N) is 1. The predicted octanol–water partition coefficient (Wildman–Crippen LogP) is 2.61. The highest BCUT2D eigenvalue weighted by atomic mass is 19.1. The number of aromatic nitrogens is 2. The third-order valence-corrected chi connectivity index (χ3v) is 3.61. The second-order valence-corrected chi connectivity index (χ2v) is 5.58. The summed E-state index contributed by atoms with van der Waals surface area (Å²) in [6.07, 6.45) is 3.31. The maximum absolute atomic E-state index is 13.8. The first kappa shape index (κ1) is 16.2. The van der Waals surface area contributed by atoms with Crippen molar-refractivity contribution in [3.8, 4) is 5.69 Å². The fourth-order valence-corrected chi connectivity index (χ4v) is 1.88. The molecule has 1 aromatic carbocycles. The summed E-state index contributed by atoms with van der Waals surface area (Å²) in [7, 11) is 1.49. The third kappa shape index (κ3) is 3.33. The summed E-state index contributed by atoms with van der Waals surface area (Å²) in [5.74, 6) is -0.574. The first-order valence-electron chi connectivity index (χ1n) is 7.00. The number of nitrogens with zero attached hydrogens (tertiary/aromatic N) is 2. The molecule has 0 aliphatic rings. The van der Waals surface area contributed by atoms with Crippen molar-refractivity contribution in [1.82, 2.24) is 15.1 Å². The molecule has 2 aromatic rings. The quantitative estimate of drug-likeness (QED) is 0.924. The summed E-state index contributed by atoms with van der Waals surface area (Å²) in [6, 6.07) is 6.12. The standard InChI is InChI=1S/C16H20FN3O2/c1-11(19-15(21)16(2,3)22-4)12-9-18-20(10-12)14-8-6-5-7-13(14)17/h5-11H,1-4H3,(H,19,21)/t11-/m0/s1. The maximum atomic E-state index is 13.8. The molecule has 0 radical (unpaired) electrons. The molecule has 1 heterocycles. The van der Waals surface area contributed by atoms with Crippen LogP contribution in [0.15, 0.2) is 36.7 Å². The van der Waals surface area contributed by atoms with Gasteiger partial charge >= 0.3 is 0 Å². The average molecular weight is 305 g/mol. The molecule has 1 atom stereocenters. The van der Waals surface area contributed by atoms with E-state index in [2.05, 4.69) is 10.4 Å². The van der Waals surface area contributed by atoms with E-state index in [4.69, 9.17) is 4.74 Å². The summed E-state index contributed by atoms with van der Waals surface area (Å²) in [4.78, 5) is 12.1. The summed E-state index contributed by atoms with van der Waals surface area (Å²) in [5.41, 5.74) is 0.239. The molecule has 118 valence electrons. The Morgan fingerprint density at radius 3 is 2.73 bits per heavy atom. The van der Waals surface area contributed by atoms with Crippen LogP contribution >= 0.6 is 0 Å². The average Bonchev–Trinajstić information content (AvgIpc) is 2.97. The molecule has 22 heavy (non-hydrogen) atoms. The van der Waals surface area contributed by atoms with E-state index in [1.54, 1.807) is 44.4 Å². The second kappa shape index (κ2) is 6.27. The lowest BCUT2D eigenvalue weighted by Gasteiger charge is -2.24. The van der Waals surface area contributed by atoms with E-state index < -0.39 is 5.60 Å². The summed E-state index contributed by atoms with van der Waals surface area (Å²) >= 11 is 0. The molecule has 1 amide bonds. The van der Waals surface area contributed by atoms with Crippen LogP contribution in [0.1, 0.15) is 32.4 Å². The summed E-state index contributed by atoms with van der Waals surface area (Å²) in [5, 5.41) is 7.01. The van der Waals surface area contributed by atoms with Crippen LogP contribution in [-0.4, -0.2) is 28.4 Å². The Bertz CT molecular complexity index is 667. The lowest BCUT2D eigenvalue weighted by atomic mass is 10.1. The predicted molar refractivity (Wildman–Crippen MR) is 81.2 cm³/mol. The van der Waals surface area contributed by atoms with Gasteiger partial charge in [0.05, 0.1) is 12.2 Å². The van der Waals surface area contributed by atoms with Crippen molar-refractivity contribution in [1.29, 1.82) is 0 Å². The number of para-hydroxylation sites is 1. The van der Waals surface area contributed by atoms with Crippen LogP contribution in [0.25, 0.3) is 5.69 Å². The fourth-order valence-electron chi connectivity index (χ4n) is 1.88. The molecule has 0 fully saturated rings. The minimum Gasteiger partial charge on any atom is -0.369 e. The number of halogens is 1. The molecule has 0 saturated carbocycles. The van der Waals surface area contributed by atoms with Gasteiger partial charge in [0.2, 0.25) is 0 Å². The number of carbonyl (C=O) groups excluding carboxylic acids is 1. The van der Waals surface area contributed by atoms with Gasteiger partial charge in [-0.2, -0.15) is 5.10 Å². The third-order valence-electron chi connectivity index (χ3n) is 3.61. The van der Waals surface area contributed by atoms with Crippen LogP contribution < -0.4 is 5.32 Å². The first-order chi connectivity index (χ1) is 10.3. The number of ether oxygens (including phenoxy) is 1. The number of hydrogen-bond acceptors (Lipinski definition) is 3. The van der Waals surface area contributed by atoms with Crippen molar-refractivity contribution in [2.45, 2.75) is 32.4 Å². The summed E-state index contributed by atoms with van der Waals surface area (Å²) in [6.45, 7) is 5.22. The molecule has 6 heteroatoms. The van der Waals surface area contributed by atoms with Gasteiger partial charge in [0.25, 0.3) is 5.91 Å². The lowest BCUT2D eigenvalue weighted by molar-refractivity contribution is -0.140. The van der Waals surface area contributed by atoms with E-state index in [1.807, 2.05) is 6.92 Å². The van der Waals surface area contributed by atoms with E-state index >= 15 is 0 Å². The number of amides is 1. The van der Waals surface area contributed by atoms with Gasteiger partial charge in [-0.25, -0.2) is 9.07 Å². The topological polar surface area (TPSA) is 56.1 Å². The molecule has 5 nitrogen and oxygen atoms in total.